The minimum absolute atomic E-state index is 0.0477. The minimum Gasteiger partial charge on any atom is -0.352 e. The first-order valence-electron chi connectivity index (χ1n) is 9.17. The van der Waals surface area contributed by atoms with Crippen LogP contribution in [0.15, 0.2) is 53.4 Å². The zero-order chi connectivity index (χ0) is 20.1. The minimum atomic E-state index is -4.04. The lowest BCUT2D eigenvalue weighted by atomic mass is 10.1. The predicted octanol–water partition coefficient (Wildman–Crippen LogP) is 3.94. The van der Waals surface area contributed by atoms with E-state index in [-0.39, 0.29) is 33.3 Å². The number of hydrogen-bond acceptors (Lipinski definition) is 3. The van der Waals surface area contributed by atoms with E-state index in [1.807, 2.05) is 30.3 Å². The third-order valence-corrected chi connectivity index (χ3v) is 6.97. The largest absolute Gasteiger partial charge is 0.352 e. The molecular weight excluding hydrogens is 419 g/mol. The molecule has 1 amide bonds. The van der Waals surface area contributed by atoms with Crippen LogP contribution in [0.4, 0.5) is 0 Å². The van der Waals surface area contributed by atoms with Gasteiger partial charge >= 0.3 is 0 Å². The second-order valence-electron chi connectivity index (χ2n) is 6.93. The van der Waals surface area contributed by atoms with Crippen molar-refractivity contribution in [2.75, 3.05) is 0 Å². The van der Waals surface area contributed by atoms with Crippen molar-refractivity contribution < 1.29 is 13.2 Å². The SMILES string of the molecule is O=C(NC1CCCC1)[C@@H](Cc1ccccc1)NS(=O)(=O)c1cc(Cl)ccc1Cl. The van der Waals surface area contributed by atoms with Gasteiger partial charge in [0.1, 0.15) is 10.9 Å². The number of benzene rings is 2. The molecule has 0 heterocycles. The lowest BCUT2D eigenvalue weighted by Gasteiger charge is -2.21. The summed E-state index contributed by atoms with van der Waals surface area (Å²) < 4.78 is 28.3. The molecule has 1 aliphatic rings. The molecule has 8 heteroatoms. The van der Waals surface area contributed by atoms with E-state index in [4.69, 9.17) is 23.2 Å². The molecule has 2 aromatic carbocycles. The molecular formula is C20H22Cl2N2O3S. The van der Waals surface area contributed by atoms with Crippen LogP contribution in [0, 0.1) is 0 Å². The number of carbonyl (C=O) groups is 1. The molecule has 1 atom stereocenters. The van der Waals surface area contributed by atoms with Crippen LogP contribution in [-0.4, -0.2) is 26.4 Å². The van der Waals surface area contributed by atoms with E-state index in [2.05, 4.69) is 10.0 Å². The quantitative estimate of drug-likeness (QED) is 0.684. The van der Waals surface area contributed by atoms with Gasteiger partial charge in [-0.15, -0.1) is 0 Å². The first-order valence-corrected chi connectivity index (χ1v) is 11.4. The van der Waals surface area contributed by atoms with Crippen molar-refractivity contribution in [1.29, 1.82) is 0 Å². The van der Waals surface area contributed by atoms with Crippen molar-refractivity contribution in [3.05, 3.63) is 64.1 Å². The summed E-state index contributed by atoms with van der Waals surface area (Å²) in [5, 5.41) is 3.27. The number of halogens is 2. The maximum absolute atomic E-state index is 12.9. The molecule has 1 fully saturated rings. The Balaban J connectivity index is 1.84. The van der Waals surface area contributed by atoms with Gasteiger partial charge in [-0.1, -0.05) is 66.4 Å². The molecule has 3 rings (SSSR count). The third-order valence-electron chi connectivity index (χ3n) is 4.78. The van der Waals surface area contributed by atoms with Crippen LogP contribution in [0.2, 0.25) is 10.0 Å². The molecule has 150 valence electrons. The van der Waals surface area contributed by atoms with Gasteiger partial charge in [-0.3, -0.25) is 4.79 Å². The Kier molecular flexibility index (Phi) is 6.99. The van der Waals surface area contributed by atoms with Gasteiger partial charge in [-0.2, -0.15) is 4.72 Å². The summed E-state index contributed by atoms with van der Waals surface area (Å²) in [5.74, 6) is -0.336. The van der Waals surface area contributed by atoms with Crippen LogP contribution >= 0.6 is 23.2 Å². The van der Waals surface area contributed by atoms with E-state index in [0.29, 0.717) is 0 Å². The monoisotopic (exact) mass is 440 g/mol. The normalized spacial score (nSPS) is 16.1. The molecule has 28 heavy (non-hydrogen) atoms. The fourth-order valence-electron chi connectivity index (χ4n) is 3.34. The highest BCUT2D eigenvalue weighted by molar-refractivity contribution is 7.89. The molecule has 5 nitrogen and oxygen atoms in total. The predicted molar refractivity (Wildman–Crippen MR) is 111 cm³/mol. The molecule has 2 aromatic rings. The topological polar surface area (TPSA) is 75.3 Å². The summed E-state index contributed by atoms with van der Waals surface area (Å²) in [6, 6.07) is 12.6. The number of carbonyl (C=O) groups excluding carboxylic acids is 1. The summed E-state index contributed by atoms with van der Waals surface area (Å²) >= 11 is 12.0. The van der Waals surface area contributed by atoms with Gasteiger partial charge in [0, 0.05) is 11.1 Å². The second kappa shape index (κ2) is 9.27. The molecule has 0 aromatic heterocycles. The summed E-state index contributed by atoms with van der Waals surface area (Å²) in [4.78, 5) is 12.7. The Hall–Kier alpha value is -1.60. The van der Waals surface area contributed by atoms with Gasteiger partial charge in [0.25, 0.3) is 0 Å². The molecule has 0 saturated heterocycles. The highest BCUT2D eigenvalue weighted by Crippen LogP contribution is 2.25. The van der Waals surface area contributed by atoms with E-state index < -0.39 is 16.1 Å². The van der Waals surface area contributed by atoms with Crippen molar-refractivity contribution in [2.45, 2.75) is 49.1 Å². The van der Waals surface area contributed by atoms with Crippen molar-refractivity contribution in [2.24, 2.45) is 0 Å². The lowest BCUT2D eigenvalue weighted by molar-refractivity contribution is -0.123. The van der Waals surface area contributed by atoms with Crippen molar-refractivity contribution in [3.8, 4) is 0 Å². The molecule has 0 spiro atoms. The summed E-state index contributed by atoms with van der Waals surface area (Å²) in [7, 11) is -4.04. The number of sulfonamides is 1. The van der Waals surface area contributed by atoms with Gasteiger partial charge in [-0.25, -0.2) is 8.42 Å². The Morgan fingerprint density at radius 3 is 2.43 bits per heavy atom. The standard InChI is InChI=1S/C20H22Cl2N2O3S/c21-15-10-11-17(22)19(13-15)28(26,27)24-18(12-14-6-2-1-3-7-14)20(25)23-16-8-4-5-9-16/h1-3,6-7,10-11,13,16,18,24H,4-5,8-9,12H2,(H,23,25)/t18-/m1/s1. The highest BCUT2D eigenvalue weighted by atomic mass is 35.5. The fraction of sp³-hybridized carbons (Fsp3) is 0.350. The average molecular weight is 441 g/mol. The summed E-state index contributed by atoms with van der Waals surface area (Å²) in [6.07, 6.45) is 4.19. The van der Waals surface area contributed by atoms with Crippen LogP contribution in [0.1, 0.15) is 31.2 Å². The van der Waals surface area contributed by atoms with Crippen LogP contribution in [-0.2, 0) is 21.2 Å². The molecule has 1 saturated carbocycles. The molecule has 0 radical (unpaired) electrons. The van der Waals surface area contributed by atoms with E-state index in [9.17, 15) is 13.2 Å². The van der Waals surface area contributed by atoms with E-state index in [1.165, 1.54) is 18.2 Å². The molecule has 2 N–H and O–H groups in total. The molecule has 1 aliphatic carbocycles. The first-order chi connectivity index (χ1) is 13.3. The van der Waals surface area contributed by atoms with E-state index >= 15 is 0 Å². The first kappa shape index (κ1) is 21.1. The smallest absolute Gasteiger partial charge is 0.242 e. The third kappa shape index (κ3) is 5.47. The number of rotatable bonds is 7. The van der Waals surface area contributed by atoms with Crippen LogP contribution < -0.4 is 10.0 Å². The molecule has 0 bridgehead atoms. The molecule has 0 unspecified atom stereocenters. The maximum atomic E-state index is 12.9. The van der Waals surface area contributed by atoms with Crippen LogP contribution in [0.3, 0.4) is 0 Å². The second-order valence-corrected chi connectivity index (χ2v) is 9.45. The van der Waals surface area contributed by atoms with Crippen molar-refractivity contribution >= 4 is 39.1 Å². The number of nitrogens with one attached hydrogen (secondary N) is 2. The van der Waals surface area contributed by atoms with Gasteiger partial charge in [0.15, 0.2) is 0 Å². The van der Waals surface area contributed by atoms with Crippen molar-refractivity contribution in [3.63, 3.8) is 0 Å². The van der Waals surface area contributed by atoms with Gasteiger partial charge in [0.2, 0.25) is 15.9 Å². The van der Waals surface area contributed by atoms with Gasteiger partial charge < -0.3 is 5.32 Å². The van der Waals surface area contributed by atoms with E-state index in [1.54, 1.807) is 0 Å². The van der Waals surface area contributed by atoms with Crippen molar-refractivity contribution in [1.82, 2.24) is 10.0 Å². The number of amides is 1. The zero-order valence-electron chi connectivity index (χ0n) is 15.2. The van der Waals surface area contributed by atoms with Crippen LogP contribution in [0.5, 0.6) is 0 Å². The summed E-state index contributed by atoms with van der Waals surface area (Å²) in [5.41, 5.74) is 0.856. The van der Waals surface area contributed by atoms with E-state index in [0.717, 1.165) is 31.2 Å². The molecule has 0 aliphatic heterocycles. The van der Waals surface area contributed by atoms with Crippen LogP contribution in [0.25, 0.3) is 0 Å². The lowest BCUT2D eigenvalue weighted by Crippen LogP contribution is -2.50. The Morgan fingerprint density at radius 1 is 1.07 bits per heavy atom. The fourth-order valence-corrected chi connectivity index (χ4v) is 5.30. The van der Waals surface area contributed by atoms with Gasteiger partial charge in [0.05, 0.1) is 5.02 Å². The Bertz CT molecular complexity index is 930. The zero-order valence-corrected chi connectivity index (χ0v) is 17.5. The summed E-state index contributed by atoms with van der Waals surface area (Å²) in [6.45, 7) is 0. The number of hydrogen-bond donors (Lipinski definition) is 2. The Labute approximate surface area is 175 Å². The Morgan fingerprint density at radius 2 is 1.75 bits per heavy atom. The average Bonchev–Trinajstić information content (AvgIpc) is 3.17. The van der Waals surface area contributed by atoms with Gasteiger partial charge in [-0.05, 0) is 43.0 Å². The maximum Gasteiger partial charge on any atom is 0.242 e. The highest BCUT2D eigenvalue weighted by Gasteiger charge is 2.29.